The zero-order valence-corrected chi connectivity index (χ0v) is 7.91. The van der Waals surface area contributed by atoms with Crippen LogP contribution in [0.1, 0.15) is 6.42 Å². The lowest BCUT2D eigenvalue weighted by atomic mass is 10.4. The van der Waals surface area contributed by atoms with Crippen molar-refractivity contribution in [3.8, 4) is 0 Å². The lowest BCUT2D eigenvalue weighted by Gasteiger charge is -2.13. The second-order valence-electron chi connectivity index (χ2n) is 2.85. The van der Waals surface area contributed by atoms with Gasteiger partial charge in [-0.25, -0.2) is 5.06 Å². The highest BCUT2D eigenvalue weighted by Gasteiger charge is 2.18. The Morgan fingerprint density at radius 1 is 1.69 bits per heavy atom. The van der Waals surface area contributed by atoms with Crippen LogP contribution >= 0.6 is 0 Å². The predicted molar refractivity (Wildman–Crippen MR) is 47.0 cm³/mol. The number of rotatable bonds is 5. The van der Waals surface area contributed by atoms with Crippen molar-refractivity contribution in [1.29, 1.82) is 0 Å². The summed E-state index contributed by atoms with van der Waals surface area (Å²) in [6.45, 7) is 3.00. The summed E-state index contributed by atoms with van der Waals surface area (Å²) >= 11 is 0. The summed E-state index contributed by atoms with van der Waals surface area (Å²) in [5.41, 5.74) is 0. The summed E-state index contributed by atoms with van der Waals surface area (Å²) in [6, 6.07) is 0. The van der Waals surface area contributed by atoms with Crippen LogP contribution in [0, 0.1) is 0 Å². The average Bonchev–Trinajstić information content (AvgIpc) is 2.65. The van der Waals surface area contributed by atoms with Gasteiger partial charge in [0.1, 0.15) is 0 Å². The smallest absolute Gasteiger partial charge is 0.260 e. The first-order valence-corrected chi connectivity index (χ1v) is 4.47. The largest absolute Gasteiger partial charge is 0.383 e. The first-order valence-electron chi connectivity index (χ1n) is 4.47. The molecular formula is C8H16N2O3. The van der Waals surface area contributed by atoms with Crippen molar-refractivity contribution in [2.75, 3.05) is 40.0 Å². The Morgan fingerprint density at radius 3 is 3.15 bits per heavy atom. The van der Waals surface area contributed by atoms with Gasteiger partial charge in [0.25, 0.3) is 5.91 Å². The number of methoxy groups -OCH3 is 1. The van der Waals surface area contributed by atoms with Crippen molar-refractivity contribution in [3.05, 3.63) is 0 Å². The van der Waals surface area contributed by atoms with Gasteiger partial charge in [0.2, 0.25) is 0 Å². The number of hydroxylamine groups is 2. The predicted octanol–water partition coefficient (Wildman–Crippen LogP) is -0.614. The Morgan fingerprint density at radius 2 is 2.54 bits per heavy atom. The number of carbonyl (C=O) groups excluding carboxylic acids is 1. The van der Waals surface area contributed by atoms with E-state index in [0.717, 1.165) is 6.42 Å². The van der Waals surface area contributed by atoms with Crippen molar-refractivity contribution in [2.24, 2.45) is 0 Å². The number of nitrogens with one attached hydrogen (secondary N) is 1. The summed E-state index contributed by atoms with van der Waals surface area (Å²) in [5.74, 6) is -0.00592. The molecule has 0 unspecified atom stereocenters. The molecule has 1 rings (SSSR count). The van der Waals surface area contributed by atoms with Gasteiger partial charge in [-0.05, 0) is 6.42 Å². The van der Waals surface area contributed by atoms with E-state index < -0.39 is 0 Å². The number of ether oxygens (including phenoxy) is 1. The molecule has 1 N–H and O–H groups in total. The van der Waals surface area contributed by atoms with Crippen LogP contribution < -0.4 is 5.32 Å². The van der Waals surface area contributed by atoms with Gasteiger partial charge in [0.05, 0.1) is 26.3 Å². The van der Waals surface area contributed by atoms with Gasteiger partial charge in [0.15, 0.2) is 0 Å². The number of hydrogen-bond donors (Lipinski definition) is 1. The van der Waals surface area contributed by atoms with Crippen molar-refractivity contribution >= 4 is 5.91 Å². The molecule has 1 aliphatic heterocycles. The minimum Gasteiger partial charge on any atom is -0.383 e. The Kier molecular flexibility index (Phi) is 4.74. The zero-order valence-electron chi connectivity index (χ0n) is 7.91. The molecular weight excluding hydrogens is 172 g/mol. The summed E-state index contributed by atoms with van der Waals surface area (Å²) < 4.78 is 4.83. The first kappa shape index (κ1) is 10.4. The highest BCUT2D eigenvalue weighted by molar-refractivity contribution is 5.77. The van der Waals surface area contributed by atoms with E-state index in [-0.39, 0.29) is 5.91 Å². The van der Waals surface area contributed by atoms with Gasteiger partial charge in [-0.15, -0.1) is 0 Å². The van der Waals surface area contributed by atoms with Crippen LogP contribution in [0.15, 0.2) is 0 Å². The van der Waals surface area contributed by atoms with Crippen molar-refractivity contribution in [3.63, 3.8) is 0 Å². The average molecular weight is 188 g/mol. The molecule has 1 saturated heterocycles. The highest BCUT2D eigenvalue weighted by atomic mass is 16.7. The van der Waals surface area contributed by atoms with Crippen LogP contribution in [0.25, 0.3) is 0 Å². The SMILES string of the molecule is COCCNCC(=O)N1CCCO1. The third-order valence-electron chi connectivity index (χ3n) is 1.79. The van der Waals surface area contributed by atoms with Crippen molar-refractivity contribution in [1.82, 2.24) is 10.4 Å². The molecule has 0 atom stereocenters. The quantitative estimate of drug-likeness (QED) is 0.585. The molecule has 13 heavy (non-hydrogen) atoms. The fraction of sp³-hybridized carbons (Fsp3) is 0.875. The van der Waals surface area contributed by atoms with E-state index in [4.69, 9.17) is 9.57 Å². The minimum atomic E-state index is -0.00592. The van der Waals surface area contributed by atoms with Crippen LogP contribution in [0.3, 0.4) is 0 Å². The molecule has 0 spiro atoms. The molecule has 0 aliphatic carbocycles. The highest BCUT2D eigenvalue weighted by Crippen LogP contribution is 2.03. The van der Waals surface area contributed by atoms with Crippen LogP contribution in [0.5, 0.6) is 0 Å². The zero-order chi connectivity index (χ0) is 9.52. The molecule has 0 radical (unpaired) electrons. The minimum absolute atomic E-state index is 0.00592. The summed E-state index contributed by atoms with van der Waals surface area (Å²) in [7, 11) is 1.63. The summed E-state index contributed by atoms with van der Waals surface area (Å²) in [5, 5.41) is 4.38. The van der Waals surface area contributed by atoms with Gasteiger partial charge >= 0.3 is 0 Å². The number of amides is 1. The molecule has 1 amide bonds. The van der Waals surface area contributed by atoms with Crippen LogP contribution in [0.2, 0.25) is 0 Å². The fourth-order valence-corrected chi connectivity index (χ4v) is 1.10. The maximum atomic E-state index is 11.3. The second kappa shape index (κ2) is 5.90. The Balaban J connectivity index is 2.03. The third-order valence-corrected chi connectivity index (χ3v) is 1.79. The summed E-state index contributed by atoms with van der Waals surface area (Å²) in [4.78, 5) is 16.4. The topological polar surface area (TPSA) is 50.8 Å². The van der Waals surface area contributed by atoms with E-state index in [2.05, 4.69) is 5.32 Å². The molecule has 0 aromatic heterocycles. The molecule has 5 heteroatoms. The van der Waals surface area contributed by atoms with E-state index in [0.29, 0.717) is 32.8 Å². The Hall–Kier alpha value is -0.650. The van der Waals surface area contributed by atoms with E-state index in [1.807, 2.05) is 0 Å². The van der Waals surface area contributed by atoms with Gasteiger partial charge < -0.3 is 10.1 Å². The number of nitrogens with zero attached hydrogens (tertiary/aromatic N) is 1. The second-order valence-corrected chi connectivity index (χ2v) is 2.85. The molecule has 76 valence electrons. The lowest BCUT2D eigenvalue weighted by molar-refractivity contribution is -0.167. The molecule has 0 aromatic rings. The standard InChI is InChI=1S/C8H16N2O3/c1-12-6-3-9-7-8(11)10-4-2-5-13-10/h9H,2-7H2,1H3. The van der Waals surface area contributed by atoms with E-state index in [1.165, 1.54) is 5.06 Å². The maximum Gasteiger partial charge on any atom is 0.260 e. The monoisotopic (exact) mass is 188 g/mol. The van der Waals surface area contributed by atoms with Gasteiger partial charge in [-0.3, -0.25) is 9.63 Å². The molecule has 1 heterocycles. The van der Waals surface area contributed by atoms with Gasteiger partial charge in [-0.1, -0.05) is 0 Å². The third kappa shape index (κ3) is 3.71. The van der Waals surface area contributed by atoms with Crippen molar-refractivity contribution < 1.29 is 14.4 Å². The maximum absolute atomic E-state index is 11.3. The Bertz CT molecular complexity index is 157. The molecule has 1 fully saturated rings. The Labute approximate surface area is 77.9 Å². The number of hydrogen-bond acceptors (Lipinski definition) is 4. The van der Waals surface area contributed by atoms with Crippen LogP contribution in [-0.2, 0) is 14.4 Å². The van der Waals surface area contributed by atoms with Crippen LogP contribution in [-0.4, -0.2) is 50.9 Å². The molecule has 0 aromatic carbocycles. The van der Waals surface area contributed by atoms with Crippen molar-refractivity contribution in [2.45, 2.75) is 6.42 Å². The first-order chi connectivity index (χ1) is 6.34. The molecule has 5 nitrogen and oxygen atoms in total. The van der Waals surface area contributed by atoms with E-state index >= 15 is 0 Å². The summed E-state index contributed by atoms with van der Waals surface area (Å²) in [6.07, 6.45) is 0.934. The van der Waals surface area contributed by atoms with Gasteiger partial charge in [0, 0.05) is 13.7 Å². The van der Waals surface area contributed by atoms with Crippen LogP contribution in [0.4, 0.5) is 0 Å². The molecule has 1 aliphatic rings. The molecule has 0 saturated carbocycles. The molecule has 0 bridgehead atoms. The lowest BCUT2D eigenvalue weighted by Crippen LogP contribution is -2.36. The number of carbonyl (C=O) groups is 1. The normalized spacial score (nSPS) is 16.5. The van der Waals surface area contributed by atoms with Gasteiger partial charge in [-0.2, -0.15) is 0 Å². The fourth-order valence-electron chi connectivity index (χ4n) is 1.10. The van der Waals surface area contributed by atoms with E-state index in [1.54, 1.807) is 7.11 Å². The van der Waals surface area contributed by atoms with E-state index in [9.17, 15) is 4.79 Å².